The van der Waals surface area contributed by atoms with Crippen molar-refractivity contribution in [2.45, 2.75) is 32.5 Å². The van der Waals surface area contributed by atoms with E-state index >= 15 is 0 Å². The minimum atomic E-state index is -0.719. The molecule has 0 amide bonds. The number of carbonyl (C=O) groups is 1. The minimum Gasteiger partial charge on any atom is -0.426 e. The number of hydrogen-bond acceptors (Lipinski definition) is 5. The van der Waals surface area contributed by atoms with Crippen molar-refractivity contribution in [3.63, 3.8) is 0 Å². The quantitative estimate of drug-likeness (QED) is 0.618. The zero-order valence-electron chi connectivity index (χ0n) is 12.4. The molecule has 0 spiro atoms. The normalized spacial score (nSPS) is 21.1. The van der Waals surface area contributed by atoms with Crippen LogP contribution in [0.1, 0.15) is 31.7 Å². The van der Waals surface area contributed by atoms with Crippen LogP contribution in [0.4, 0.5) is 4.39 Å². The summed E-state index contributed by atoms with van der Waals surface area (Å²) in [5, 5.41) is 8.65. The van der Waals surface area contributed by atoms with Crippen molar-refractivity contribution in [1.82, 2.24) is 0 Å². The predicted octanol–water partition coefficient (Wildman–Crippen LogP) is 2.78. The van der Waals surface area contributed by atoms with Crippen LogP contribution in [0, 0.1) is 23.1 Å². The molecule has 0 atom stereocenters. The molecule has 1 aromatic carbocycles. The molecule has 1 aliphatic heterocycles. The van der Waals surface area contributed by atoms with Crippen LogP contribution in [0.3, 0.4) is 0 Å². The molecule has 2 rings (SSSR count). The maximum absolute atomic E-state index is 13.4. The average Bonchev–Trinajstić information content (AvgIpc) is 2.53. The highest BCUT2D eigenvalue weighted by molar-refractivity contribution is 5.75. The van der Waals surface area contributed by atoms with Crippen molar-refractivity contribution >= 4 is 5.97 Å². The lowest BCUT2D eigenvalue weighted by atomic mass is 10.1. The van der Waals surface area contributed by atoms with Crippen molar-refractivity contribution in [2.75, 3.05) is 13.2 Å². The molecule has 1 aliphatic rings. The Kier molecular flexibility index (Phi) is 5.87. The predicted molar refractivity (Wildman–Crippen MR) is 75.5 cm³/mol. The van der Waals surface area contributed by atoms with E-state index in [9.17, 15) is 9.18 Å². The molecule has 0 bridgehead atoms. The lowest BCUT2D eigenvalue weighted by molar-refractivity contribution is -0.208. The molecular weight excluding hydrogens is 289 g/mol. The first-order valence-electron chi connectivity index (χ1n) is 7.28. The Bertz CT molecular complexity index is 562. The highest BCUT2D eigenvalue weighted by Gasteiger charge is 2.29. The Morgan fingerprint density at radius 3 is 2.77 bits per heavy atom. The third kappa shape index (κ3) is 4.26. The molecule has 0 aromatic heterocycles. The minimum absolute atomic E-state index is 0.0645. The lowest BCUT2D eigenvalue weighted by Crippen LogP contribution is -2.38. The van der Waals surface area contributed by atoms with Crippen molar-refractivity contribution < 1.29 is 23.4 Å². The molecular formula is C16H18FNO4. The molecule has 6 heteroatoms. The van der Waals surface area contributed by atoms with Gasteiger partial charge in [0.2, 0.25) is 0 Å². The summed E-state index contributed by atoms with van der Waals surface area (Å²) in [5.41, 5.74) is -0.0945. The second-order valence-electron chi connectivity index (χ2n) is 5.11. The Morgan fingerprint density at radius 1 is 1.45 bits per heavy atom. The zero-order valence-corrected chi connectivity index (χ0v) is 12.4. The van der Waals surface area contributed by atoms with Crippen LogP contribution in [0.5, 0.6) is 5.75 Å². The van der Waals surface area contributed by atoms with Gasteiger partial charge in [-0.2, -0.15) is 5.26 Å². The number of ether oxygens (including phenoxy) is 3. The third-order valence-corrected chi connectivity index (χ3v) is 3.37. The smallest absolute Gasteiger partial charge is 0.319 e. The highest BCUT2D eigenvalue weighted by atomic mass is 19.1. The SMILES string of the molecule is CCCCC1OCC(C(=O)Oc2ccc(C#N)c(F)c2)CO1. The maximum Gasteiger partial charge on any atom is 0.319 e. The van der Waals surface area contributed by atoms with E-state index in [1.165, 1.54) is 12.1 Å². The molecule has 1 aromatic rings. The van der Waals surface area contributed by atoms with E-state index in [0.29, 0.717) is 0 Å². The van der Waals surface area contributed by atoms with Gasteiger partial charge in [0.25, 0.3) is 0 Å². The summed E-state index contributed by atoms with van der Waals surface area (Å²) in [6.07, 6.45) is 2.60. The molecule has 1 heterocycles. The number of esters is 1. The average molecular weight is 307 g/mol. The molecule has 0 unspecified atom stereocenters. The lowest BCUT2D eigenvalue weighted by Gasteiger charge is -2.28. The Labute approximate surface area is 128 Å². The largest absolute Gasteiger partial charge is 0.426 e. The van der Waals surface area contributed by atoms with E-state index in [2.05, 4.69) is 6.92 Å². The van der Waals surface area contributed by atoms with Gasteiger partial charge in [-0.1, -0.05) is 13.3 Å². The standard InChI is InChI=1S/C16H18FNO4/c1-2-3-4-15-20-9-12(10-21-15)16(19)22-13-6-5-11(8-18)14(17)7-13/h5-7,12,15H,2-4,9-10H2,1H3. The number of nitrogens with zero attached hydrogens (tertiary/aromatic N) is 1. The summed E-state index contributed by atoms with van der Waals surface area (Å²) in [7, 11) is 0. The van der Waals surface area contributed by atoms with Gasteiger partial charge in [-0.05, 0) is 25.0 Å². The zero-order chi connectivity index (χ0) is 15.9. The van der Waals surface area contributed by atoms with Gasteiger partial charge in [0.15, 0.2) is 6.29 Å². The van der Waals surface area contributed by atoms with E-state index in [0.717, 1.165) is 25.3 Å². The van der Waals surface area contributed by atoms with Gasteiger partial charge in [0.05, 0.1) is 18.8 Å². The molecule has 0 saturated carbocycles. The number of nitriles is 1. The molecule has 1 fully saturated rings. The Hall–Kier alpha value is -1.97. The monoisotopic (exact) mass is 307 g/mol. The van der Waals surface area contributed by atoms with Crippen LogP contribution in [0.25, 0.3) is 0 Å². The number of rotatable bonds is 5. The highest BCUT2D eigenvalue weighted by Crippen LogP contribution is 2.20. The van der Waals surface area contributed by atoms with Crippen LogP contribution < -0.4 is 4.74 Å². The summed E-state index contributed by atoms with van der Waals surface area (Å²) < 4.78 is 29.5. The third-order valence-electron chi connectivity index (χ3n) is 3.37. The van der Waals surface area contributed by atoms with Crippen LogP contribution in [-0.2, 0) is 14.3 Å². The van der Waals surface area contributed by atoms with Crippen LogP contribution in [0.15, 0.2) is 18.2 Å². The first kappa shape index (κ1) is 16.4. The number of hydrogen-bond donors (Lipinski definition) is 0. The van der Waals surface area contributed by atoms with Gasteiger partial charge in [-0.3, -0.25) is 4.79 Å². The first-order valence-corrected chi connectivity index (χ1v) is 7.28. The van der Waals surface area contributed by atoms with E-state index in [-0.39, 0.29) is 30.8 Å². The van der Waals surface area contributed by atoms with Gasteiger partial charge >= 0.3 is 5.97 Å². The van der Waals surface area contributed by atoms with Gasteiger partial charge in [-0.15, -0.1) is 0 Å². The van der Waals surface area contributed by atoms with Crippen molar-refractivity contribution in [3.05, 3.63) is 29.6 Å². The summed E-state index contributed by atoms with van der Waals surface area (Å²) in [6, 6.07) is 5.38. The molecule has 22 heavy (non-hydrogen) atoms. The van der Waals surface area contributed by atoms with Crippen molar-refractivity contribution in [3.8, 4) is 11.8 Å². The van der Waals surface area contributed by atoms with Gasteiger partial charge in [0, 0.05) is 6.07 Å². The van der Waals surface area contributed by atoms with E-state index in [1.807, 2.05) is 0 Å². The van der Waals surface area contributed by atoms with E-state index in [1.54, 1.807) is 6.07 Å². The Balaban J connectivity index is 1.86. The van der Waals surface area contributed by atoms with Crippen molar-refractivity contribution in [2.24, 2.45) is 5.92 Å². The molecule has 0 N–H and O–H groups in total. The van der Waals surface area contributed by atoms with E-state index < -0.39 is 17.7 Å². The molecule has 0 aliphatic carbocycles. The fourth-order valence-corrected chi connectivity index (χ4v) is 2.07. The fraction of sp³-hybridized carbons (Fsp3) is 0.500. The maximum atomic E-state index is 13.4. The van der Waals surface area contributed by atoms with Gasteiger partial charge < -0.3 is 14.2 Å². The van der Waals surface area contributed by atoms with Gasteiger partial charge in [0.1, 0.15) is 23.6 Å². The molecule has 1 saturated heterocycles. The second-order valence-corrected chi connectivity index (χ2v) is 5.11. The number of halogens is 1. The molecule has 5 nitrogen and oxygen atoms in total. The van der Waals surface area contributed by atoms with Crippen molar-refractivity contribution in [1.29, 1.82) is 5.26 Å². The number of carbonyl (C=O) groups excluding carboxylic acids is 1. The van der Waals surface area contributed by atoms with Crippen LogP contribution >= 0.6 is 0 Å². The summed E-state index contributed by atoms with van der Waals surface area (Å²) in [5.74, 6) is -1.71. The first-order chi connectivity index (χ1) is 10.6. The fourth-order valence-electron chi connectivity index (χ4n) is 2.07. The van der Waals surface area contributed by atoms with Gasteiger partial charge in [-0.25, -0.2) is 4.39 Å². The summed E-state index contributed by atoms with van der Waals surface area (Å²) in [6.45, 7) is 2.54. The number of unbranched alkanes of at least 4 members (excludes halogenated alkanes) is 1. The topological polar surface area (TPSA) is 68.5 Å². The van der Waals surface area contributed by atoms with Crippen LogP contribution in [0.2, 0.25) is 0 Å². The second kappa shape index (κ2) is 7.87. The summed E-state index contributed by atoms with van der Waals surface area (Å²) in [4.78, 5) is 12.0. The van der Waals surface area contributed by atoms with E-state index in [4.69, 9.17) is 19.5 Å². The number of benzene rings is 1. The molecule has 118 valence electrons. The Morgan fingerprint density at radius 2 is 2.18 bits per heavy atom. The van der Waals surface area contributed by atoms with Crippen LogP contribution in [-0.4, -0.2) is 25.5 Å². The molecule has 0 radical (unpaired) electrons. The summed E-state index contributed by atoms with van der Waals surface area (Å²) >= 11 is 0.